The van der Waals surface area contributed by atoms with Crippen LogP contribution in [0.4, 0.5) is 0 Å². The van der Waals surface area contributed by atoms with E-state index in [0.29, 0.717) is 12.8 Å². The molecule has 0 radical (unpaired) electrons. The first-order valence-electron chi connectivity index (χ1n) is 24.5. The molecule has 0 heterocycles. The fourth-order valence-electron chi connectivity index (χ4n) is 7.38. The van der Waals surface area contributed by atoms with Crippen molar-refractivity contribution in [1.29, 1.82) is 0 Å². The summed E-state index contributed by atoms with van der Waals surface area (Å²) in [5.41, 5.74) is 0. The van der Waals surface area contributed by atoms with Gasteiger partial charge in [0.25, 0.3) is 0 Å². The van der Waals surface area contributed by atoms with E-state index in [9.17, 15) is 19.2 Å². The third-order valence-electron chi connectivity index (χ3n) is 11.4. The first-order valence-corrected chi connectivity index (χ1v) is 24.5. The first-order chi connectivity index (χ1) is 28.1. The quantitative estimate of drug-likeness (QED) is 0.0338. The highest BCUT2D eigenvalue weighted by Crippen LogP contribution is 2.25. The molecule has 0 aliphatic rings. The molecular weight excluding hydrogens is 731 g/mol. The number of rotatable bonds is 42. The lowest BCUT2D eigenvalue weighted by Crippen LogP contribution is -2.40. The molecule has 9 heteroatoms. The third kappa shape index (κ3) is 32.7. The van der Waals surface area contributed by atoms with Crippen molar-refractivity contribution in [2.24, 2.45) is 17.8 Å². The van der Waals surface area contributed by atoms with E-state index < -0.39 is 12.0 Å². The van der Waals surface area contributed by atoms with Crippen LogP contribution in [0.3, 0.4) is 0 Å². The Labute approximate surface area is 357 Å². The van der Waals surface area contributed by atoms with Gasteiger partial charge >= 0.3 is 23.9 Å². The van der Waals surface area contributed by atoms with Crippen LogP contribution in [0.15, 0.2) is 0 Å². The van der Waals surface area contributed by atoms with Crippen LogP contribution in [0, 0.1) is 17.8 Å². The van der Waals surface area contributed by atoms with Gasteiger partial charge in [0.1, 0.15) is 25.9 Å². The number of ether oxygens (including phenoxy) is 4. The first kappa shape index (κ1) is 55.8. The maximum Gasteiger partial charge on any atom is 0.309 e. The minimum absolute atomic E-state index is 0.0826. The van der Waals surface area contributed by atoms with Gasteiger partial charge in [-0.3, -0.25) is 19.2 Å². The van der Waals surface area contributed by atoms with E-state index in [-0.39, 0.29) is 62.0 Å². The van der Waals surface area contributed by atoms with E-state index in [4.69, 9.17) is 18.9 Å². The van der Waals surface area contributed by atoms with Crippen LogP contribution in [-0.4, -0.2) is 75.3 Å². The zero-order chi connectivity index (χ0) is 43.1. The average Bonchev–Trinajstić information content (AvgIpc) is 3.20. The smallest absolute Gasteiger partial charge is 0.309 e. The summed E-state index contributed by atoms with van der Waals surface area (Å²) >= 11 is 0. The average molecular weight is 824 g/mol. The number of hydrogen-bond acceptors (Lipinski definition) is 9. The summed E-state index contributed by atoms with van der Waals surface area (Å²) in [7, 11) is 4.08. The van der Waals surface area contributed by atoms with Crippen molar-refractivity contribution >= 4 is 23.9 Å². The van der Waals surface area contributed by atoms with Crippen molar-refractivity contribution in [3.8, 4) is 0 Å². The maximum absolute atomic E-state index is 14.1. The Morgan fingerprint density at radius 3 is 1.21 bits per heavy atom. The number of carbonyl (C=O) groups is 4. The molecule has 0 N–H and O–H groups in total. The number of hydrogen-bond donors (Lipinski definition) is 0. The third-order valence-corrected chi connectivity index (χ3v) is 11.4. The second kappa shape index (κ2) is 40.3. The number of nitrogens with zero attached hydrogens (tertiary/aromatic N) is 1. The van der Waals surface area contributed by atoms with Crippen LogP contribution in [0.2, 0.25) is 0 Å². The van der Waals surface area contributed by atoms with Gasteiger partial charge < -0.3 is 23.8 Å². The normalized spacial score (nSPS) is 12.6. The van der Waals surface area contributed by atoms with Gasteiger partial charge in [-0.15, -0.1) is 0 Å². The molecule has 0 amide bonds. The van der Waals surface area contributed by atoms with Crippen LogP contribution >= 0.6 is 0 Å². The fraction of sp³-hybridized carbons (Fsp3) is 0.918. The molecule has 0 spiro atoms. The van der Waals surface area contributed by atoms with Gasteiger partial charge in [-0.1, -0.05) is 169 Å². The van der Waals surface area contributed by atoms with Crippen LogP contribution in [0.5, 0.6) is 0 Å². The molecule has 0 aromatic heterocycles. The Morgan fingerprint density at radius 2 is 0.776 bits per heavy atom. The summed E-state index contributed by atoms with van der Waals surface area (Å²) in [5, 5.41) is 0. The lowest BCUT2D eigenvalue weighted by molar-refractivity contribution is -0.173. The predicted molar refractivity (Wildman–Crippen MR) is 239 cm³/mol. The van der Waals surface area contributed by atoms with Gasteiger partial charge in [0.15, 0.2) is 0 Å². The van der Waals surface area contributed by atoms with Gasteiger partial charge in [-0.2, -0.15) is 0 Å². The van der Waals surface area contributed by atoms with E-state index in [0.717, 1.165) is 180 Å². The van der Waals surface area contributed by atoms with E-state index in [1.807, 2.05) is 14.1 Å². The van der Waals surface area contributed by atoms with E-state index in [1.54, 1.807) is 0 Å². The molecule has 342 valence electrons. The Morgan fingerprint density at radius 1 is 0.414 bits per heavy atom. The Kier molecular flexibility index (Phi) is 38.8. The SMILES string of the molecule is CCCCCCCC(=O)OCC(COC(=O)C(CCCCCC)CCCCCC)C(COC(=O)CCCCCN(C)C)OC(=O)C(CCCCCC)CCCCCC. The molecule has 0 aromatic rings. The van der Waals surface area contributed by atoms with E-state index in [2.05, 4.69) is 39.5 Å². The van der Waals surface area contributed by atoms with Crippen molar-refractivity contribution in [2.45, 2.75) is 233 Å². The minimum atomic E-state index is -0.920. The molecule has 9 nitrogen and oxygen atoms in total. The summed E-state index contributed by atoms with van der Waals surface area (Å²) in [4.78, 5) is 56.1. The van der Waals surface area contributed by atoms with Crippen LogP contribution in [0.1, 0.15) is 227 Å². The standard InChI is InChI=1S/C49H93NO8/c1-8-13-18-23-29-36-46(51)55-39-44(40-57-48(53)42(32-25-19-14-9-2)33-26-20-15-10-3)45(41-56-47(52)37-30-24-31-38-50(6)7)58-49(54)43(34-27-21-16-11-4)35-28-22-17-12-5/h42-45H,8-41H2,1-7H3. The largest absolute Gasteiger partial charge is 0.465 e. The summed E-state index contributed by atoms with van der Waals surface area (Å²) in [6, 6.07) is 0. The minimum Gasteiger partial charge on any atom is -0.465 e. The molecule has 0 aliphatic carbocycles. The zero-order valence-corrected chi connectivity index (χ0v) is 39.1. The van der Waals surface area contributed by atoms with Crippen molar-refractivity contribution in [3.05, 3.63) is 0 Å². The topological polar surface area (TPSA) is 108 Å². The molecule has 58 heavy (non-hydrogen) atoms. The molecule has 2 unspecified atom stereocenters. The number of unbranched alkanes of at least 4 members (excludes halogenated alkanes) is 18. The lowest BCUT2D eigenvalue weighted by Gasteiger charge is -2.29. The van der Waals surface area contributed by atoms with Gasteiger partial charge in [-0.05, 0) is 65.6 Å². The van der Waals surface area contributed by atoms with Gasteiger partial charge in [0, 0.05) is 12.8 Å². The summed E-state index contributed by atoms with van der Waals surface area (Å²) in [5.74, 6) is -2.37. The highest BCUT2D eigenvalue weighted by Gasteiger charge is 2.33. The predicted octanol–water partition coefficient (Wildman–Crippen LogP) is 12.7. The lowest BCUT2D eigenvalue weighted by atomic mass is 9.94. The maximum atomic E-state index is 14.1. The highest BCUT2D eigenvalue weighted by molar-refractivity contribution is 5.73. The Hall–Kier alpha value is -2.16. The van der Waals surface area contributed by atoms with Crippen LogP contribution in [0.25, 0.3) is 0 Å². The number of esters is 4. The molecule has 0 saturated carbocycles. The second-order valence-corrected chi connectivity index (χ2v) is 17.3. The van der Waals surface area contributed by atoms with Crippen molar-refractivity contribution in [3.63, 3.8) is 0 Å². The molecule has 0 rings (SSSR count). The summed E-state index contributed by atoms with van der Waals surface area (Å²) < 4.78 is 24.1. The van der Waals surface area contributed by atoms with Crippen LogP contribution < -0.4 is 0 Å². The van der Waals surface area contributed by atoms with Gasteiger partial charge in [0.05, 0.1) is 17.8 Å². The molecule has 0 bridgehead atoms. The molecule has 0 aromatic carbocycles. The highest BCUT2D eigenvalue weighted by atomic mass is 16.6. The van der Waals surface area contributed by atoms with E-state index in [1.165, 1.54) is 0 Å². The fourth-order valence-corrected chi connectivity index (χ4v) is 7.38. The van der Waals surface area contributed by atoms with Gasteiger partial charge in [-0.25, -0.2) is 0 Å². The molecule has 0 saturated heterocycles. The molecule has 2 atom stereocenters. The summed E-state index contributed by atoms with van der Waals surface area (Å²) in [6.07, 6.45) is 27.6. The number of carbonyl (C=O) groups excluding carboxylic acids is 4. The molecular formula is C49H93NO8. The summed E-state index contributed by atoms with van der Waals surface area (Å²) in [6.45, 7) is 11.5. The van der Waals surface area contributed by atoms with E-state index >= 15 is 0 Å². The zero-order valence-electron chi connectivity index (χ0n) is 39.1. The van der Waals surface area contributed by atoms with Crippen molar-refractivity contribution < 1.29 is 38.1 Å². The monoisotopic (exact) mass is 824 g/mol. The van der Waals surface area contributed by atoms with Crippen molar-refractivity contribution in [1.82, 2.24) is 4.90 Å². The van der Waals surface area contributed by atoms with Crippen molar-refractivity contribution in [2.75, 3.05) is 40.5 Å². The second-order valence-electron chi connectivity index (χ2n) is 17.3. The molecule has 0 aliphatic heterocycles. The van der Waals surface area contributed by atoms with Gasteiger partial charge in [0.2, 0.25) is 0 Å². The van der Waals surface area contributed by atoms with Crippen LogP contribution in [-0.2, 0) is 38.1 Å². The molecule has 0 fully saturated rings. The Bertz CT molecular complexity index is 964. The Balaban J connectivity index is 6.32.